The molecule has 94 valence electrons. The van der Waals surface area contributed by atoms with Crippen LogP contribution in [0.15, 0.2) is 16.5 Å². The zero-order valence-electron chi connectivity index (χ0n) is 10.2. The molecule has 0 unspecified atom stereocenters. The van der Waals surface area contributed by atoms with Crippen LogP contribution < -0.4 is 5.32 Å². The second kappa shape index (κ2) is 5.46. The van der Waals surface area contributed by atoms with Crippen molar-refractivity contribution >= 4 is 11.8 Å². The molecule has 0 atom stereocenters. The monoisotopic (exact) mass is 252 g/mol. The number of hydrogen-bond donors (Lipinski definition) is 1. The average Bonchev–Trinajstić information content (AvgIpc) is 3.09. The number of nitrogens with zero attached hydrogens (tertiary/aromatic N) is 1. The number of furan rings is 1. The summed E-state index contributed by atoms with van der Waals surface area (Å²) >= 11 is 2.05. The Balaban J connectivity index is 1.48. The molecule has 1 aromatic heterocycles. The van der Waals surface area contributed by atoms with Crippen molar-refractivity contribution in [3.05, 3.63) is 23.7 Å². The van der Waals surface area contributed by atoms with Crippen LogP contribution in [0, 0.1) is 0 Å². The van der Waals surface area contributed by atoms with E-state index in [1.165, 1.54) is 37.4 Å². The molecule has 0 spiro atoms. The zero-order chi connectivity index (χ0) is 11.5. The molecule has 17 heavy (non-hydrogen) atoms. The number of nitrogens with one attached hydrogen (secondary N) is 1. The molecule has 2 heterocycles. The van der Waals surface area contributed by atoms with Crippen LogP contribution >= 0.6 is 11.8 Å². The third-order valence-corrected chi connectivity index (χ3v) is 4.29. The summed E-state index contributed by atoms with van der Waals surface area (Å²) in [5.74, 6) is 4.72. The Morgan fingerprint density at radius 3 is 2.76 bits per heavy atom. The fraction of sp³-hybridized carbons (Fsp3) is 0.692. The summed E-state index contributed by atoms with van der Waals surface area (Å²) in [4.78, 5) is 2.48. The summed E-state index contributed by atoms with van der Waals surface area (Å²) in [5.41, 5.74) is 0. The Kier molecular flexibility index (Phi) is 3.74. The van der Waals surface area contributed by atoms with Gasteiger partial charge in [-0.1, -0.05) is 0 Å². The standard InChI is InChI=1S/C13H20N2OS/c1-2-11(1)14-9-12-3-4-13(16-12)10-15-5-7-17-8-6-15/h3-4,11,14H,1-2,5-10H2. The molecule has 0 bridgehead atoms. The van der Waals surface area contributed by atoms with Crippen molar-refractivity contribution in [2.75, 3.05) is 24.6 Å². The Morgan fingerprint density at radius 2 is 2.00 bits per heavy atom. The summed E-state index contributed by atoms with van der Waals surface area (Å²) < 4.78 is 5.85. The summed E-state index contributed by atoms with van der Waals surface area (Å²) in [6, 6.07) is 5.00. The van der Waals surface area contributed by atoms with Crippen LogP contribution in [0.2, 0.25) is 0 Å². The second-order valence-corrected chi connectivity index (χ2v) is 6.14. The molecule has 1 aliphatic carbocycles. The van der Waals surface area contributed by atoms with Crippen LogP contribution in [-0.4, -0.2) is 35.5 Å². The van der Waals surface area contributed by atoms with E-state index in [0.717, 1.165) is 30.7 Å². The Bertz CT molecular complexity index is 356. The SMILES string of the molecule is c1cc(CN2CCSCC2)oc1CNC1CC1. The molecule has 3 rings (SSSR count). The number of hydrogen-bond acceptors (Lipinski definition) is 4. The molecule has 1 N–H and O–H groups in total. The highest BCUT2D eigenvalue weighted by Crippen LogP contribution is 2.20. The topological polar surface area (TPSA) is 28.4 Å². The molecule has 0 aromatic carbocycles. The van der Waals surface area contributed by atoms with E-state index >= 15 is 0 Å². The minimum absolute atomic E-state index is 0.752. The van der Waals surface area contributed by atoms with Gasteiger partial charge in [0, 0.05) is 30.6 Å². The quantitative estimate of drug-likeness (QED) is 0.868. The molecule has 2 aliphatic rings. The first-order valence-corrected chi connectivity index (χ1v) is 7.67. The van der Waals surface area contributed by atoms with Gasteiger partial charge >= 0.3 is 0 Å². The first-order valence-electron chi connectivity index (χ1n) is 6.51. The maximum atomic E-state index is 5.85. The maximum Gasteiger partial charge on any atom is 0.118 e. The van der Waals surface area contributed by atoms with Crippen molar-refractivity contribution in [1.29, 1.82) is 0 Å². The largest absolute Gasteiger partial charge is 0.463 e. The fourth-order valence-electron chi connectivity index (χ4n) is 2.11. The second-order valence-electron chi connectivity index (χ2n) is 4.91. The molecule has 3 nitrogen and oxygen atoms in total. The lowest BCUT2D eigenvalue weighted by molar-refractivity contribution is 0.264. The van der Waals surface area contributed by atoms with Gasteiger partial charge in [0.2, 0.25) is 0 Å². The summed E-state index contributed by atoms with van der Waals surface area (Å²) in [6.07, 6.45) is 2.66. The van der Waals surface area contributed by atoms with Gasteiger partial charge in [0.1, 0.15) is 11.5 Å². The van der Waals surface area contributed by atoms with Crippen LogP contribution in [0.4, 0.5) is 0 Å². The molecular formula is C13H20N2OS. The van der Waals surface area contributed by atoms with Crippen molar-refractivity contribution in [3.63, 3.8) is 0 Å². The lowest BCUT2D eigenvalue weighted by atomic mass is 10.3. The molecule has 0 radical (unpaired) electrons. The minimum atomic E-state index is 0.752. The molecule has 4 heteroatoms. The number of rotatable bonds is 5. The molecule has 1 aliphatic heterocycles. The van der Waals surface area contributed by atoms with E-state index in [4.69, 9.17) is 4.42 Å². The van der Waals surface area contributed by atoms with E-state index in [9.17, 15) is 0 Å². The highest BCUT2D eigenvalue weighted by Gasteiger charge is 2.20. The van der Waals surface area contributed by atoms with Crippen molar-refractivity contribution in [1.82, 2.24) is 10.2 Å². The first kappa shape index (κ1) is 11.6. The van der Waals surface area contributed by atoms with Gasteiger partial charge in [0.05, 0.1) is 13.1 Å². The Morgan fingerprint density at radius 1 is 1.24 bits per heavy atom. The summed E-state index contributed by atoms with van der Waals surface area (Å²) in [5, 5.41) is 3.48. The minimum Gasteiger partial charge on any atom is -0.463 e. The highest BCUT2D eigenvalue weighted by atomic mass is 32.2. The van der Waals surface area contributed by atoms with E-state index < -0.39 is 0 Å². The van der Waals surface area contributed by atoms with E-state index in [1.54, 1.807) is 0 Å². The summed E-state index contributed by atoms with van der Waals surface area (Å²) in [6.45, 7) is 4.26. The van der Waals surface area contributed by atoms with Crippen LogP contribution in [0.1, 0.15) is 24.4 Å². The number of thioether (sulfide) groups is 1. The van der Waals surface area contributed by atoms with Gasteiger partial charge in [0.25, 0.3) is 0 Å². The van der Waals surface area contributed by atoms with Crippen LogP contribution in [0.5, 0.6) is 0 Å². The smallest absolute Gasteiger partial charge is 0.118 e. The molecule has 1 aromatic rings. The van der Waals surface area contributed by atoms with E-state index in [1.807, 2.05) is 0 Å². The van der Waals surface area contributed by atoms with Crippen molar-refractivity contribution < 1.29 is 4.42 Å². The van der Waals surface area contributed by atoms with Gasteiger partial charge in [-0.15, -0.1) is 0 Å². The van der Waals surface area contributed by atoms with Crippen LogP contribution in [0.25, 0.3) is 0 Å². The summed E-state index contributed by atoms with van der Waals surface area (Å²) in [7, 11) is 0. The fourth-order valence-corrected chi connectivity index (χ4v) is 3.09. The van der Waals surface area contributed by atoms with E-state index in [-0.39, 0.29) is 0 Å². The maximum absolute atomic E-state index is 5.85. The van der Waals surface area contributed by atoms with Crippen molar-refractivity contribution in [2.24, 2.45) is 0 Å². The van der Waals surface area contributed by atoms with E-state index in [0.29, 0.717) is 0 Å². The predicted molar refractivity (Wildman–Crippen MR) is 71.2 cm³/mol. The predicted octanol–water partition coefficient (Wildman–Crippen LogP) is 2.08. The third kappa shape index (κ3) is 3.50. The molecular weight excluding hydrogens is 232 g/mol. The average molecular weight is 252 g/mol. The zero-order valence-corrected chi connectivity index (χ0v) is 11.0. The van der Waals surface area contributed by atoms with Gasteiger partial charge in [-0.3, -0.25) is 4.90 Å². The van der Waals surface area contributed by atoms with Gasteiger partial charge in [-0.25, -0.2) is 0 Å². The normalized spacial score (nSPS) is 21.9. The van der Waals surface area contributed by atoms with Crippen molar-refractivity contribution in [2.45, 2.75) is 32.0 Å². The highest BCUT2D eigenvalue weighted by molar-refractivity contribution is 7.99. The first-order chi connectivity index (χ1) is 8.40. The van der Waals surface area contributed by atoms with Crippen LogP contribution in [-0.2, 0) is 13.1 Å². The van der Waals surface area contributed by atoms with Crippen LogP contribution in [0.3, 0.4) is 0 Å². The lowest BCUT2D eigenvalue weighted by Crippen LogP contribution is -2.31. The molecule has 2 fully saturated rings. The Labute approximate surface area is 107 Å². The molecule has 1 saturated carbocycles. The van der Waals surface area contributed by atoms with Gasteiger partial charge in [-0.05, 0) is 25.0 Å². The van der Waals surface area contributed by atoms with Gasteiger partial charge in [0.15, 0.2) is 0 Å². The lowest BCUT2D eigenvalue weighted by Gasteiger charge is -2.24. The van der Waals surface area contributed by atoms with E-state index in [2.05, 4.69) is 34.1 Å². The third-order valence-electron chi connectivity index (χ3n) is 3.34. The Hall–Kier alpha value is -0.450. The van der Waals surface area contributed by atoms with Gasteiger partial charge in [-0.2, -0.15) is 11.8 Å². The van der Waals surface area contributed by atoms with Gasteiger partial charge < -0.3 is 9.73 Å². The molecule has 0 amide bonds. The molecule has 1 saturated heterocycles. The van der Waals surface area contributed by atoms with Crippen molar-refractivity contribution in [3.8, 4) is 0 Å².